The quantitative estimate of drug-likeness (QED) is 0.153. The van der Waals surface area contributed by atoms with Crippen LogP contribution in [0.3, 0.4) is 0 Å². The number of para-hydroxylation sites is 3. The van der Waals surface area contributed by atoms with Gasteiger partial charge in [0, 0.05) is 32.7 Å². The standard InChI is InChI=1S/C52H34N4O/c1-4-18-37(19-5-1)52(38-20-6-2-7-21-38,39-22-8-3-9-23-39)40-24-16-17-35(33-40)49-53-50(36-31-32-48-44(34-36)43-27-12-15-30-47(43)57-48)55-51(54-49)56-45-28-13-10-25-41(45)42-26-11-14-29-46(42)56/h1-34H. The van der Waals surface area contributed by atoms with Crippen LogP contribution in [0.15, 0.2) is 211 Å². The molecule has 268 valence electrons. The van der Waals surface area contributed by atoms with E-state index in [-0.39, 0.29) is 0 Å². The highest BCUT2D eigenvalue weighted by Crippen LogP contribution is 2.46. The first-order chi connectivity index (χ1) is 28.3. The number of benzene rings is 8. The number of hydrogen-bond donors (Lipinski definition) is 0. The number of nitrogens with zero attached hydrogens (tertiary/aromatic N) is 4. The minimum absolute atomic E-state index is 0.551. The van der Waals surface area contributed by atoms with Crippen molar-refractivity contribution in [2.45, 2.75) is 5.41 Å². The summed E-state index contributed by atoms with van der Waals surface area (Å²) in [5.41, 5.74) is 9.49. The van der Waals surface area contributed by atoms with Crippen molar-refractivity contribution < 1.29 is 4.42 Å². The molecule has 0 aliphatic carbocycles. The third-order valence-electron chi connectivity index (χ3n) is 11.2. The molecule has 0 radical (unpaired) electrons. The number of rotatable bonds is 7. The van der Waals surface area contributed by atoms with E-state index in [1.807, 2.05) is 30.3 Å². The van der Waals surface area contributed by atoms with E-state index in [1.54, 1.807) is 0 Å². The Hall–Kier alpha value is -7.63. The van der Waals surface area contributed by atoms with Gasteiger partial charge in [0.25, 0.3) is 0 Å². The molecule has 0 aliphatic rings. The van der Waals surface area contributed by atoms with Gasteiger partial charge in [0.15, 0.2) is 11.6 Å². The Morgan fingerprint density at radius 2 is 0.825 bits per heavy atom. The molecule has 0 atom stereocenters. The highest BCUT2D eigenvalue weighted by atomic mass is 16.3. The maximum Gasteiger partial charge on any atom is 0.238 e. The van der Waals surface area contributed by atoms with Crippen LogP contribution in [0, 0.1) is 0 Å². The molecule has 0 saturated heterocycles. The van der Waals surface area contributed by atoms with Crippen molar-refractivity contribution in [1.29, 1.82) is 0 Å². The zero-order valence-electron chi connectivity index (χ0n) is 30.8. The van der Waals surface area contributed by atoms with Crippen LogP contribution >= 0.6 is 0 Å². The summed E-state index contributed by atoms with van der Waals surface area (Å²) in [5.74, 6) is 1.71. The van der Waals surface area contributed by atoms with Crippen molar-refractivity contribution in [3.8, 4) is 28.7 Å². The first-order valence-corrected chi connectivity index (χ1v) is 19.2. The Morgan fingerprint density at radius 3 is 1.42 bits per heavy atom. The summed E-state index contributed by atoms with van der Waals surface area (Å²) in [6, 6.07) is 72.3. The van der Waals surface area contributed by atoms with Crippen molar-refractivity contribution in [2.75, 3.05) is 0 Å². The summed E-state index contributed by atoms with van der Waals surface area (Å²) in [5, 5.41) is 4.35. The topological polar surface area (TPSA) is 56.7 Å². The van der Waals surface area contributed by atoms with Crippen molar-refractivity contribution in [1.82, 2.24) is 19.5 Å². The zero-order valence-corrected chi connectivity index (χ0v) is 30.8. The molecule has 0 bridgehead atoms. The van der Waals surface area contributed by atoms with Gasteiger partial charge in [-0.15, -0.1) is 0 Å². The molecular formula is C52H34N4O. The fourth-order valence-corrected chi connectivity index (χ4v) is 8.68. The number of fused-ring (bicyclic) bond motifs is 6. The summed E-state index contributed by atoms with van der Waals surface area (Å²) >= 11 is 0. The maximum atomic E-state index is 6.21. The largest absolute Gasteiger partial charge is 0.456 e. The van der Waals surface area contributed by atoms with E-state index < -0.39 is 5.41 Å². The second-order valence-corrected chi connectivity index (χ2v) is 14.4. The summed E-state index contributed by atoms with van der Waals surface area (Å²) in [6.07, 6.45) is 0. The molecule has 3 aromatic heterocycles. The number of furan rings is 1. The smallest absolute Gasteiger partial charge is 0.238 e. The van der Waals surface area contributed by atoms with Crippen LogP contribution in [0.5, 0.6) is 0 Å². The lowest BCUT2D eigenvalue weighted by Gasteiger charge is -2.37. The normalized spacial score (nSPS) is 11.9. The Labute approximate surface area is 329 Å². The van der Waals surface area contributed by atoms with Gasteiger partial charge in [-0.25, -0.2) is 4.98 Å². The van der Waals surface area contributed by atoms with Crippen LogP contribution in [0.4, 0.5) is 0 Å². The molecule has 8 aromatic carbocycles. The fourth-order valence-electron chi connectivity index (χ4n) is 8.68. The average Bonchev–Trinajstić information content (AvgIpc) is 3.83. The Morgan fingerprint density at radius 1 is 0.351 bits per heavy atom. The molecule has 5 heteroatoms. The minimum atomic E-state index is -0.626. The van der Waals surface area contributed by atoms with Crippen molar-refractivity contribution in [2.24, 2.45) is 0 Å². The average molecular weight is 731 g/mol. The van der Waals surface area contributed by atoms with Gasteiger partial charge in [-0.05, 0) is 64.7 Å². The minimum Gasteiger partial charge on any atom is -0.456 e. The van der Waals surface area contributed by atoms with E-state index in [0.29, 0.717) is 17.6 Å². The zero-order chi connectivity index (χ0) is 37.8. The van der Waals surface area contributed by atoms with Gasteiger partial charge < -0.3 is 4.42 Å². The van der Waals surface area contributed by atoms with Crippen LogP contribution in [-0.2, 0) is 5.41 Å². The molecule has 0 unspecified atom stereocenters. The van der Waals surface area contributed by atoms with E-state index >= 15 is 0 Å². The molecule has 11 rings (SSSR count). The van der Waals surface area contributed by atoms with Crippen molar-refractivity contribution in [3.05, 3.63) is 229 Å². The van der Waals surface area contributed by atoms with E-state index in [9.17, 15) is 0 Å². The summed E-state index contributed by atoms with van der Waals surface area (Å²) in [7, 11) is 0. The van der Waals surface area contributed by atoms with Gasteiger partial charge in [-0.1, -0.05) is 164 Å². The highest BCUT2D eigenvalue weighted by Gasteiger charge is 2.38. The first-order valence-electron chi connectivity index (χ1n) is 19.2. The van der Waals surface area contributed by atoms with E-state index in [4.69, 9.17) is 19.4 Å². The van der Waals surface area contributed by atoms with Crippen LogP contribution in [0.2, 0.25) is 0 Å². The molecule has 0 amide bonds. The molecular weight excluding hydrogens is 697 g/mol. The van der Waals surface area contributed by atoms with Crippen molar-refractivity contribution >= 4 is 43.7 Å². The number of aromatic nitrogens is 4. The molecule has 0 N–H and O–H groups in total. The highest BCUT2D eigenvalue weighted by molar-refractivity contribution is 6.09. The number of hydrogen-bond acceptors (Lipinski definition) is 4. The Balaban J connectivity index is 1.18. The molecule has 0 spiro atoms. The first kappa shape index (κ1) is 32.8. The van der Waals surface area contributed by atoms with Gasteiger partial charge in [-0.2, -0.15) is 9.97 Å². The van der Waals surface area contributed by atoms with Gasteiger partial charge in [-0.3, -0.25) is 4.57 Å². The Bertz CT molecular complexity index is 3090. The van der Waals surface area contributed by atoms with Crippen molar-refractivity contribution in [3.63, 3.8) is 0 Å². The second kappa shape index (κ2) is 13.3. The van der Waals surface area contributed by atoms with Crippen LogP contribution < -0.4 is 0 Å². The molecule has 0 saturated carbocycles. The molecule has 0 aliphatic heterocycles. The summed E-state index contributed by atoms with van der Waals surface area (Å²) in [4.78, 5) is 15.9. The summed E-state index contributed by atoms with van der Waals surface area (Å²) < 4.78 is 8.38. The molecule has 0 fully saturated rings. The molecule has 3 heterocycles. The van der Waals surface area contributed by atoms with E-state index in [1.165, 1.54) is 16.7 Å². The van der Waals surface area contributed by atoms with Gasteiger partial charge in [0.1, 0.15) is 11.2 Å². The maximum absolute atomic E-state index is 6.21. The predicted molar refractivity (Wildman–Crippen MR) is 231 cm³/mol. The molecule has 57 heavy (non-hydrogen) atoms. The monoisotopic (exact) mass is 730 g/mol. The van der Waals surface area contributed by atoms with Gasteiger partial charge in [0.05, 0.1) is 16.4 Å². The third kappa shape index (κ3) is 5.28. The van der Waals surface area contributed by atoms with Gasteiger partial charge in [0.2, 0.25) is 5.95 Å². The molecule has 5 nitrogen and oxygen atoms in total. The lowest BCUT2D eigenvalue weighted by Crippen LogP contribution is -2.31. The predicted octanol–water partition coefficient (Wildman–Crippen LogP) is 12.6. The molecule has 11 aromatic rings. The van der Waals surface area contributed by atoms with E-state index in [2.05, 4.69) is 180 Å². The van der Waals surface area contributed by atoms with Crippen LogP contribution in [-0.4, -0.2) is 19.5 Å². The van der Waals surface area contributed by atoms with Gasteiger partial charge >= 0.3 is 0 Å². The SMILES string of the molecule is c1ccc(C(c2ccccc2)(c2ccccc2)c2cccc(-c3nc(-c4ccc5oc6ccccc6c5c4)nc(-n4c5ccccc5c5ccccc54)n3)c2)cc1. The summed E-state index contributed by atoms with van der Waals surface area (Å²) in [6.45, 7) is 0. The lowest BCUT2D eigenvalue weighted by atomic mass is 9.65. The Kier molecular flexibility index (Phi) is 7.64. The van der Waals surface area contributed by atoms with Crippen LogP contribution in [0.1, 0.15) is 22.3 Å². The lowest BCUT2D eigenvalue weighted by molar-refractivity contribution is 0.669. The fraction of sp³-hybridized carbons (Fsp3) is 0.0192. The van der Waals surface area contributed by atoms with E-state index in [0.717, 1.165) is 60.4 Å². The second-order valence-electron chi connectivity index (χ2n) is 14.4. The third-order valence-corrected chi connectivity index (χ3v) is 11.2. The van der Waals surface area contributed by atoms with Crippen LogP contribution in [0.25, 0.3) is 72.5 Å².